The van der Waals surface area contributed by atoms with Crippen LogP contribution in [0.15, 0.2) is 78.9 Å². The number of amides is 1. The van der Waals surface area contributed by atoms with Gasteiger partial charge in [0.1, 0.15) is 0 Å². The largest absolute Gasteiger partial charge is 0.346 e. The zero-order chi connectivity index (χ0) is 22.4. The van der Waals surface area contributed by atoms with Gasteiger partial charge in [0, 0.05) is 5.56 Å². The molecule has 0 saturated carbocycles. The molecule has 5 nitrogen and oxygen atoms in total. The van der Waals surface area contributed by atoms with Crippen molar-refractivity contribution >= 4 is 21.6 Å². The van der Waals surface area contributed by atoms with Gasteiger partial charge < -0.3 is 5.32 Å². The predicted octanol–water partition coefficient (Wildman–Crippen LogP) is 4.71. The van der Waals surface area contributed by atoms with E-state index in [-0.39, 0.29) is 18.5 Å². The highest BCUT2D eigenvalue weighted by Gasteiger charge is 2.18. The molecule has 0 heterocycles. The van der Waals surface area contributed by atoms with Crippen LogP contribution in [0.5, 0.6) is 0 Å². The van der Waals surface area contributed by atoms with Crippen molar-refractivity contribution in [3.05, 3.63) is 101 Å². The van der Waals surface area contributed by atoms with E-state index in [4.69, 9.17) is 0 Å². The summed E-state index contributed by atoms with van der Waals surface area (Å²) in [7, 11) is -3.44. The molecule has 0 radical (unpaired) electrons. The van der Waals surface area contributed by atoms with Crippen LogP contribution in [0.2, 0.25) is 0 Å². The summed E-state index contributed by atoms with van der Waals surface area (Å²) >= 11 is 0. The summed E-state index contributed by atoms with van der Waals surface area (Å²) in [4.78, 5) is 12.6. The molecule has 0 aliphatic rings. The second-order valence-corrected chi connectivity index (χ2v) is 9.50. The monoisotopic (exact) mass is 436 g/mol. The Hall–Kier alpha value is -3.12. The lowest BCUT2D eigenvalue weighted by Gasteiger charge is -2.22. The van der Waals surface area contributed by atoms with Gasteiger partial charge in [-0.05, 0) is 54.3 Å². The minimum atomic E-state index is -3.44. The number of benzene rings is 3. The molecule has 0 fully saturated rings. The van der Waals surface area contributed by atoms with Gasteiger partial charge in [-0.15, -0.1) is 0 Å². The number of rotatable bonds is 8. The minimum absolute atomic E-state index is 0.114. The van der Waals surface area contributed by atoms with E-state index < -0.39 is 10.0 Å². The summed E-state index contributed by atoms with van der Waals surface area (Å²) in [5, 5.41) is 3.02. The Kier molecular flexibility index (Phi) is 7.13. The van der Waals surface area contributed by atoms with Crippen LogP contribution in [0.1, 0.15) is 46.9 Å². The molecule has 0 saturated heterocycles. The summed E-state index contributed by atoms with van der Waals surface area (Å²) in [6.45, 7) is 4.26. The van der Waals surface area contributed by atoms with Gasteiger partial charge >= 0.3 is 0 Å². The highest BCUT2D eigenvalue weighted by molar-refractivity contribution is 7.92. The number of sulfonamides is 1. The van der Waals surface area contributed by atoms with Crippen molar-refractivity contribution in [3.8, 4) is 0 Å². The van der Waals surface area contributed by atoms with Crippen LogP contribution >= 0.6 is 0 Å². The second kappa shape index (κ2) is 9.79. The fourth-order valence-electron chi connectivity index (χ4n) is 3.33. The van der Waals surface area contributed by atoms with Crippen LogP contribution in [0.4, 0.5) is 5.69 Å². The van der Waals surface area contributed by atoms with Gasteiger partial charge in [0.15, 0.2) is 0 Å². The first-order valence-electron chi connectivity index (χ1n) is 10.3. The van der Waals surface area contributed by atoms with Crippen LogP contribution in [0.3, 0.4) is 0 Å². The zero-order valence-electron chi connectivity index (χ0n) is 18.1. The first-order chi connectivity index (χ1) is 14.8. The molecule has 31 heavy (non-hydrogen) atoms. The number of nitrogens with zero attached hydrogens (tertiary/aromatic N) is 1. The van der Waals surface area contributed by atoms with E-state index in [0.29, 0.717) is 11.3 Å². The molecule has 0 aliphatic carbocycles. The zero-order valence-corrected chi connectivity index (χ0v) is 18.9. The Bertz CT molecular complexity index is 1110. The van der Waals surface area contributed by atoms with E-state index in [0.717, 1.165) is 17.5 Å². The lowest BCUT2D eigenvalue weighted by atomic mass is 10.0. The lowest BCUT2D eigenvalue weighted by Crippen LogP contribution is -2.29. The van der Waals surface area contributed by atoms with Crippen molar-refractivity contribution < 1.29 is 13.2 Å². The topological polar surface area (TPSA) is 66.5 Å². The highest BCUT2D eigenvalue weighted by Crippen LogP contribution is 2.21. The summed E-state index contributed by atoms with van der Waals surface area (Å²) in [5.74, 6) is -0.165. The Balaban J connectivity index is 1.69. The van der Waals surface area contributed by atoms with Gasteiger partial charge in [0.05, 0.1) is 24.5 Å². The number of carbonyl (C=O) groups is 1. The van der Waals surface area contributed by atoms with Crippen molar-refractivity contribution in [2.24, 2.45) is 0 Å². The Morgan fingerprint density at radius 2 is 1.48 bits per heavy atom. The van der Waals surface area contributed by atoms with Gasteiger partial charge in [-0.3, -0.25) is 9.10 Å². The van der Waals surface area contributed by atoms with Gasteiger partial charge in [-0.1, -0.05) is 61.5 Å². The van der Waals surface area contributed by atoms with Crippen LogP contribution in [0, 0.1) is 0 Å². The number of nitrogens with one attached hydrogen (secondary N) is 1. The van der Waals surface area contributed by atoms with E-state index >= 15 is 0 Å². The molecular weight excluding hydrogens is 408 g/mol. The Labute approximate surface area is 184 Å². The normalized spacial score (nSPS) is 12.2. The van der Waals surface area contributed by atoms with E-state index in [1.165, 1.54) is 16.1 Å². The van der Waals surface area contributed by atoms with Gasteiger partial charge in [0.25, 0.3) is 5.91 Å². The molecule has 1 atom stereocenters. The maximum Gasteiger partial charge on any atom is 0.251 e. The van der Waals surface area contributed by atoms with E-state index in [9.17, 15) is 13.2 Å². The average molecular weight is 437 g/mol. The van der Waals surface area contributed by atoms with Crippen LogP contribution in [-0.2, 0) is 23.0 Å². The molecule has 0 aliphatic heterocycles. The first-order valence-corrected chi connectivity index (χ1v) is 12.1. The molecule has 0 spiro atoms. The van der Waals surface area contributed by atoms with Crippen LogP contribution < -0.4 is 9.62 Å². The number of para-hydroxylation sites is 1. The molecule has 1 N–H and O–H groups in total. The molecule has 6 heteroatoms. The molecule has 1 unspecified atom stereocenters. The SMILES string of the molecule is CCc1ccc(C(C)NC(=O)c2ccc(CN(c3ccccc3)S(C)(=O)=O)cc2)cc1. The lowest BCUT2D eigenvalue weighted by molar-refractivity contribution is 0.0940. The summed E-state index contributed by atoms with van der Waals surface area (Å²) in [6, 6.07) is 24.1. The Morgan fingerprint density at radius 1 is 0.903 bits per heavy atom. The Morgan fingerprint density at radius 3 is 2.03 bits per heavy atom. The fraction of sp³-hybridized carbons (Fsp3) is 0.240. The molecule has 3 aromatic rings. The standard InChI is InChI=1S/C25H28N2O3S/c1-4-20-10-14-22(15-11-20)19(2)26-25(28)23-16-12-21(13-17-23)18-27(31(3,29)30)24-8-6-5-7-9-24/h5-17,19H,4,18H2,1-3H3,(H,26,28). The third kappa shape index (κ3) is 5.95. The van der Waals surface area contributed by atoms with E-state index in [2.05, 4.69) is 24.4 Å². The quantitative estimate of drug-likeness (QED) is 0.556. The molecule has 0 aromatic heterocycles. The second-order valence-electron chi connectivity index (χ2n) is 7.59. The van der Waals surface area contributed by atoms with Gasteiger partial charge in [-0.2, -0.15) is 0 Å². The summed E-state index contributed by atoms with van der Waals surface area (Å²) in [6.07, 6.45) is 2.17. The van der Waals surface area contributed by atoms with Crippen molar-refractivity contribution in [2.45, 2.75) is 32.9 Å². The number of anilines is 1. The average Bonchev–Trinajstić information content (AvgIpc) is 2.77. The summed E-state index contributed by atoms with van der Waals surface area (Å²) in [5.41, 5.74) is 4.25. The van der Waals surface area contributed by atoms with Crippen LogP contribution in [0.25, 0.3) is 0 Å². The summed E-state index contributed by atoms with van der Waals surface area (Å²) < 4.78 is 25.9. The predicted molar refractivity (Wildman–Crippen MR) is 126 cm³/mol. The number of hydrogen-bond donors (Lipinski definition) is 1. The van der Waals surface area contributed by atoms with Crippen molar-refractivity contribution in [2.75, 3.05) is 10.6 Å². The van der Waals surface area contributed by atoms with Crippen LogP contribution in [-0.4, -0.2) is 20.6 Å². The molecule has 1 amide bonds. The fourth-order valence-corrected chi connectivity index (χ4v) is 4.22. The van der Waals surface area contributed by atoms with Crippen molar-refractivity contribution in [3.63, 3.8) is 0 Å². The smallest absolute Gasteiger partial charge is 0.251 e. The van der Waals surface area contributed by atoms with E-state index in [1.54, 1.807) is 48.5 Å². The van der Waals surface area contributed by atoms with Crippen molar-refractivity contribution in [1.29, 1.82) is 0 Å². The molecule has 0 bridgehead atoms. The third-order valence-electron chi connectivity index (χ3n) is 5.22. The first kappa shape index (κ1) is 22.6. The van der Waals surface area contributed by atoms with Gasteiger partial charge in [-0.25, -0.2) is 8.42 Å². The minimum Gasteiger partial charge on any atom is -0.346 e. The molecular formula is C25H28N2O3S. The molecule has 3 rings (SSSR count). The molecule has 3 aromatic carbocycles. The maximum atomic E-state index is 12.6. The molecule has 162 valence electrons. The number of hydrogen-bond acceptors (Lipinski definition) is 3. The number of carbonyl (C=O) groups excluding carboxylic acids is 1. The van der Waals surface area contributed by atoms with Crippen molar-refractivity contribution in [1.82, 2.24) is 5.32 Å². The third-order valence-corrected chi connectivity index (χ3v) is 6.36. The number of aryl methyl sites for hydroxylation is 1. The highest BCUT2D eigenvalue weighted by atomic mass is 32.2. The van der Waals surface area contributed by atoms with E-state index in [1.807, 2.05) is 25.1 Å². The van der Waals surface area contributed by atoms with Gasteiger partial charge in [0.2, 0.25) is 10.0 Å². The maximum absolute atomic E-state index is 12.6.